The molecule has 0 bridgehead atoms. The number of ketones is 1. The number of nitrogens with one attached hydrogen (secondary N) is 1. The van der Waals surface area contributed by atoms with Gasteiger partial charge >= 0.3 is 6.18 Å². The summed E-state index contributed by atoms with van der Waals surface area (Å²) >= 11 is 5.62. The van der Waals surface area contributed by atoms with Gasteiger partial charge in [-0.1, -0.05) is 11.6 Å². The predicted molar refractivity (Wildman–Crippen MR) is 65.0 cm³/mol. The summed E-state index contributed by atoms with van der Waals surface area (Å²) in [6.45, 7) is -0.762. The lowest BCUT2D eigenvalue weighted by Crippen LogP contribution is -2.29. The molecule has 0 aliphatic rings. The van der Waals surface area contributed by atoms with Gasteiger partial charge in [0, 0.05) is 23.2 Å². The van der Waals surface area contributed by atoms with Gasteiger partial charge in [0.1, 0.15) is 5.70 Å². The first-order valence-corrected chi connectivity index (χ1v) is 5.66. The lowest BCUT2D eigenvalue weighted by molar-refractivity contribution is -0.0969. The van der Waals surface area contributed by atoms with E-state index in [1.165, 1.54) is 24.3 Å². The first-order chi connectivity index (χ1) is 8.84. The van der Waals surface area contributed by atoms with Gasteiger partial charge in [0.15, 0.2) is 5.78 Å². The van der Waals surface area contributed by atoms with Crippen LogP contribution in [0.3, 0.4) is 0 Å². The van der Waals surface area contributed by atoms with E-state index in [9.17, 15) is 18.0 Å². The van der Waals surface area contributed by atoms with Gasteiger partial charge in [-0.25, -0.2) is 0 Å². The Morgan fingerprint density at radius 2 is 1.89 bits per heavy atom. The van der Waals surface area contributed by atoms with Gasteiger partial charge in [-0.15, -0.1) is 0 Å². The van der Waals surface area contributed by atoms with Gasteiger partial charge in [-0.2, -0.15) is 13.2 Å². The van der Waals surface area contributed by atoms with E-state index in [-0.39, 0.29) is 12.1 Å². The molecule has 1 rings (SSSR count). The Balaban J connectivity index is 2.94. The molecule has 3 nitrogen and oxygen atoms in total. The van der Waals surface area contributed by atoms with E-state index < -0.39 is 24.3 Å². The second-order valence-corrected chi connectivity index (χ2v) is 4.01. The maximum atomic E-state index is 12.6. The summed E-state index contributed by atoms with van der Waals surface area (Å²) in [5.74, 6) is -0.797. The smallest absolute Gasteiger partial charge is 0.395 e. The van der Waals surface area contributed by atoms with E-state index >= 15 is 0 Å². The third-order valence-corrected chi connectivity index (χ3v) is 2.39. The summed E-state index contributed by atoms with van der Waals surface area (Å²) in [4.78, 5) is 11.7. The molecule has 0 radical (unpaired) electrons. The molecule has 0 atom stereocenters. The largest absolute Gasteiger partial charge is 0.431 e. The zero-order valence-electron chi connectivity index (χ0n) is 9.67. The van der Waals surface area contributed by atoms with Crippen LogP contribution in [0.15, 0.2) is 36.0 Å². The summed E-state index contributed by atoms with van der Waals surface area (Å²) in [6.07, 6.45) is -4.23. The Labute approximate surface area is 112 Å². The van der Waals surface area contributed by atoms with E-state index in [1.807, 2.05) is 5.32 Å². The van der Waals surface area contributed by atoms with E-state index in [0.717, 1.165) is 0 Å². The van der Waals surface area contributed by atoms with Crippen molar-refractivity contribution in [3.8, 4) is 0 Å². The molecule has 104 valence electrons. The zero-order valence-corrected chi connectivity index (χ0v) is 10.4. The van der Waals surface area contributed by atoms with E-state index in [4.69, 9.17) is 16.7 Å². The first-order valence-electron chi connectivity index (χ1n) is 5.28. The van der Waals surface area contributed by atoms with E-state index in [0.29, 0.717) is 11.1 Å². The fourth-order valence-corrected chi connectivity index (χ4v) is 1.38. The van der Waals surface area contributed by atoms with Crippen molar-refractivity contribution in [3.63, 3.8) is 0 Å². The second-order valence-electron chi connectivity index (χ2n) is 3.58. The van der Waals surface area contributed by atoms with Crippen LogP contribution in [-0.2, 0) is 0 Å². The highest BCUT2D eigenvalue weighted by atomic mass is 35.5. The zero-order chi connectivity index (χ0) is 14.5. The quantitative estimate of drug-likeness (QED) is 0.648. The number of hydrogen-bond acceptors (Lipinski definition) is 3. The van der Waals surface area contributed by atoms with Crippen LogP contribution in [0.2, 0.25) is 5.02 Å². The number of alkyl halides is 3. The van der Waals surface area contributed by atoms with Crippen LogP contribution in [0.25, 0.3) is 0 Å². The maximum Gasteiger partial charge on any atom is 0.431 e. The Bertz CT molecular complexity index is 469. The number of carbonyl (C=O) groups excluding carboxylic acids is 1. The lowest BCUT2D eigenvalue weighted by Gasteiger charge is -2.13. The molecule has 0 heterocycles. The molecule has 2 N–H and O–H groups in total. The summed E-state index contributed by atoms with van der Waals surface area (Å²) < 4.78 is 37.8. The Morgan fingerprint density at radius 1 is 1.32 bits per heavy atom. The van der Waals surface area contributed by atoms with Crippen molar-refractivity contribution in [2.75, 3.05) is 13.2 Å². The molecule has 0 amide bonds. The highest BCUT2D eigenvalue weighted by Crippen LogP contribution is 2.24. The van der Waals surface area contributed by atoms with Crippen molar-refractivity contribution in [2.24, 2.45) is 0 Å². The van der Waals surface area contributed by atoms with Gasteiger partial charge in [-0.3, -0.25) is 4.79 Å². The Kier molecular flexibility index (Phi) is 5.38. The third kappa shape index (κ3) is 4.92. The van der Waals surface area contributed by atoms with Crippen LogP contribution >= 0.6 is 11.6 Å². The second kappa shape index (κ2) is 6.58. The molecule has 0 aliphatic heterocycles. The van der Waals surface area contributed by atoms with Gasteiger partial charge in [0.2, 0.25) is 0 Å². The van der Waals surface area contributed by atoms with Crippen LogP contribution < -0.4 is 5.32 Å². The van der Waals surface area contributed by atoms with Crippen molar-refractivity contribution in [1.29, 1.82) is 0 Å². The third-order valence-electron chi connectivity index (χ3n) is 2.14. The molecule has 0 fully saturated rings. The minimum atomic E-state index is -4.68. The van der Waals surface area contributed by atoms with Crippen molar-refractivity contribution in [2.45, 2.75) is 6.18 Å². The van der Waals surface area contributed by atoms with Crippen LogP contribution in [0.4, 0.5) is 13.2 Å². The molecule has 0 saturated heterocycles. The number of aliphatic hydroxyl groups is 1. The average molecular weight is 294 g/mol. The number of aliphatic hydroxyl groups excluding tert-OH is 1. The van der Waals surface area contributed by atoms with Crippen LogP contribution in [-0.4, -0.2) is 30.2 Å². The normalized spacial score (nSPS) is 12.4. The minimum absolute atomic E-state index is 0.0944. The monoisotopic (exact) mass is 293 g/mol. The molecule has 1 aromatic carbocycles. The fraction of sp³-hybridized carbons (Fsp3) is 0.250. The molecule has 0 aliphatic carbocycles. The molecule has 0 aromatic heterocycles. The van der Waals surface area contributed by atoms with Crippen molar-refractivity contribution in [3.05, 3.63) is 46.6 Å². The molecule has 0 unspecified atom stereocenters. The van der Waals surface area contributed by atoms with Gasteiger partial charge in [0.25, 0.3) is 0 Å². The number of hydrogen-bond donors (Lipinski definition) is 2. The van der Waals surface area contributed by atoms with Gasteiger partial charge in [0.05, 0.1) is 6.61 Å². The lowest BCUT2D eigenvalue weighted by atomic mass is 10.1. The highest BCUT2D eigenvalue weighted by molar-refractivity contribution is 6.30. The fourth-order valence-electron chi connectivity index (χ4n) is 1.25. The Hall–Kier alpha value is -1.53. The average Bonchev–Trinajstić information content (AvgIpc) is 2.33. The topological polar surface area (TPSA) is 49.3 Å². The SMILES string of the molecule is O=C(/C=C(/NCCO)C(F)(F)F)c1ccc(Cl)cc1. The number of halogens is 4. The van der Waals surface area contributed by atoms with Crippen LogP contribution in [0, 0.1) is 0 Å². The molecule has 19 heavy (non-hydrogen) atoms. The standard InChI is InChI=1S/C12H11ClF3NO2/c13-9-3-1-8(2-4-9)10(19)7-11(12(14,15)16)17-5-6-18/h1-4,7,17-18H,5-6H2/b11-7+. The maximum absolute atomic E-state index is 12.6. The van der Waals surface area contributed by atoms with Crippen LogP contribution in [0.5, 0.6) is 0 Å². The molecule has 0 spiro atoms. The van der Waals surface area contributed by atoms with Gasteiger partial charge in [-0.05, 0) is 24.3 Å². The van der Waals surface area contributed by atoms with E-state index in [1.54, 1.807) is 0 Å². The molecule has 0 saturated carbocycles. The molecular weight excluding hydrogens is 283 g/mol. The molecular formula is C12H11ClF3NO2. The summed E-state index contributed by atoms with van der Waals surface area (Å²) in [7, 11) is 0. The Morgan fingerprint density at radius 3 is 2.37 bits per heavy atom. The van der Waals surface area contributed by atoms with Crippen LogP contribution in [0.1, 0.15) is 10.4 Å². The highest BCUT2D eigenvalue weighted by Gasteiger charge is 2.34. The predicted octanol–water partition coefficient (Wildman–Crippen LogP) is 2.55. The number of benzene rings is 1. The number of carbonyl (C=O) groups is 1. The van der Waals surface area contributed by atoms with Crippen molar-refractivity contribution < 1.29 is 23.1 Å². The summed E-state index contributed by atoms with van der Waals surface area (Å²) in [5.41, 5.74) is -1.10. The number of rotatable bonds is 5. The van der Waals surface area contributed by atoms with E-state index in [2.05, 4.69) is 0 Å². The number of allylic oxidation sites excluding steroid dienone is 2. The molecule has 1 aromatic rings. The minimum Gasteiger partial charge on any atom is -0.395 e. The molecule has 7 heteroatoms. The summed E-state index contributed by atoms with van der Waals surface area (Å²) in [6, 6.07) is 5.50. The first kappa shape index (κ1) is 15.5. The van der Waals surface area contributed by atoms with Gasteiger partial charge < -0.3 is 10.4 Å². The van der Waals surface area contributed by atoms with Crippen molar-refractivity contribution in [1.82, 2.24) is 5.32 Å². The summed E-state index contributed by atoms with van der Waals surface area (Å²) in [5, 5.41) is 10.9. The van der Waals surface area contributed by atoms with Crippen molar-refractivity contribution >= 4 is 17.4 Å².